The standard InChI is InChI=1S/C13H26N2O2/c1-7-10(2)9-15(11(3)14)12(17-6)8-13(4,5)16/h7,12,16H,3,8-9,14H2,1-2,4-6H3/b10-7-. The van der Waals surface area contributed by atoms with Crippen molar-refractivity contribution in [1.29, 1.82) is 0 Å². The quantitative estimate of drug-likeness (QED) is 0.528. The zero-order valence-electron chi connectivity index (χ0n) is 11.7. The first kappa shape index (κ1) is 16.0. The summed E-state index contributed by atoms with van der Waals surface area (Å²) in [5.41, 5.74) is 6.15. The molecule has 3 N–H and O–H groups in total. The van der Waals surface area contributed by atoms with Crippen LogP contribution in [0.15, 0.2) is 24.0 Å². The molecule has 0 fully saturated rings. The van der Waals surface area contributed by atoms with E-state index < -0.39 is 5.60 Å². The maximum atomic E-state index is 9.85. The molecule has 0 amide bonds. The highest BCUT2D eigenvalue weighted by atomic mass is 16.5. The van der Waals surface area contributed by atoms with Crippen LogP contribution in [0.4, 0.5) is 0 Å². The predicted octanol–water partition coefficient (Wildman–Crippen LogP) is 1.82. The van der Waals surface area contributed by atoms with E-state index in [0.717, 1.165) is 0 Å². The Labute approximate surface area is 105 Å². The van der Waals surface area contributed by atoms with Crippen LogP contribution < -0.4 is 5.73 Å². The fourth-order valence-corrected chi connectivity index (χ4v) is 1.50. The van der Waals surface area contributed by atoms with Gasteiger partial charge < -0.3 is 20.5 Å². The average Bonchev–Trinajstić information content (AvgIpc) is 2.20. The third-order valence-corrected chi connectivity index (χ3v) is 2.58. The van der Waals surface area contributed by atoms with Crippen LogP contribution in [0.25, 0.3) is 0 Å². The average molecular weight is 242 g/mol. The normalized spacial score (nSPS) is 14.6. The van der Waals surface area contributed by atoms with Gasteiger partial charge in [0, 0.05) is 20.1 Å². The summed E-state index contributed by atoms with van der Waals surface area (Å²) in [5.74, 6) is 0.447. The summed E-state index contributed by atoms with van der Waals surface area (Å²) in [6, 6.07) is 0. The van der Waals surface area contributed by atoms with Crippen LogP contribution in [0.3, 0.4) is 0 Å². The Bertz CT molecular complexity index is 280. The van der Waals surface area contributed by atoms with Crippen molar-refractivity contribution >= 4 is 0 Å². The second-order valence-corrected chi connectivity index (χ2v) is 4.96. The first-order valence-corrected chi connectivity index (χ1v) is 5.79. The number of hydrogen-bond donors (Lipinski definition) is 2. The molecule has 4 nitrogen and oxygen atoms in total. The Hall–Kier alpha value is -1.00. The largest absolute Gasteiger partial charge is 0.390 e. The molecule has 0 saturated heterocycles. The van der Waals surface area contributed by atoms with Crippen molar-refractivity contribution in [2.24, 2.45) is 5.73 Å². The monoisotopic (exact) mass is 242 g/mol. The van der Waals surface area contributed by atoms with Gasteiger partial charge in [0.25, 0.3) is 0 Å². The second-order valence-electron chi connectivity index (χ2n) is 4.96. The fourth-order valence-electron chi connectivity index (χ4n) is 1.50. The number of rotatable bonds is 7. The molecule has 1 unspecified atom stereocenters. The van der Waals surface area contributed by atoms with Gasteiger partial charge in [-0.25, -0.2) is 0 Å². The van der Waals surface area contributed by atoms with Crippen LogP contribution >= 0.6 is 0 Å². The molecule has 0 aliphatic carbocycles. The summed E-state index contributed by atoms with van der Waals surface area (Å²) in [6.07, 6.45) is 2.21. The molecule has 4 heteroatoms. The van der Waals surface area contributed by atoms with Crippen LogP contribution in [0.1, 0.15) is 34.1 Å². The number of methoxy groups -OCH3 is 1. The molecular weight excluding hydrogens is 216 g/mol. The lowest BCUT2D eigenvalue weighted by Crippen LogP contribution is -2.43. The minimum absolute atomic E-state index is 0.276. The Morgan fingerprint density at radius 1 is 1.59 bits per heavy atom. The number of aliphatic hydroxyl groups is 1. The SMILES string of the molecule is C=C(N)N(C/C(C)=C\C)C(CC(C)(C)O)OC. The summed E-state index contributed by atoms with van der Waals surface area (Å²) in [4.78, 5) is 1.85. The zero-order valence-corrected chi connectivity index (χ0v) is 11.7. The van der Waals surface area contributed by atoms with Gasteiger partial charge in [-0.2, -0.15) is 0 Å². The molecule has 0 aliphatic rings. The van der Waals surface area contributed by atoms with Gasteiger partial charge >= 0.3 is 0 Å². The van der Waals surface area contributed by atoms with Crippen LogP contribution in [0.2, 0.25) is 0 Å². The van der Waals surface area contributed by atoms with E-state index in [1.807, 2.05) is 24.8 Å². The Kier molecular flexibility index (Phi) is 6.27. The zero-order chi connectivity index (χ0) is 13.6. The molecule has 17 heavy (non-hydrogen) atoms. The van der Waals surface area contributed by atoms with E-state index in [4.69, 9.17) is 10.5 Å². The number of hydrogen-bond acceptors (Lipinski definition) is 4. The van der Waals surface area contributed by atoms with E-state index in [-0.39, 0.29) is 6.23 Å². The molecule has 0 aromatic carbocycles. The topological polar surface area (TPSA) is 58.7 Å². The summed E-state index contributed by atoms with van der Waals surface area (Å²) in [5, 5.41) is 9.85. The predicted molar refractivity (Wildman–Crippen MR) is 71.2 cm³/mol. The van der Waals surface area contributed by atoms with Gasteiger partial charge in [0.05, 0.1) is 11.4 Å². The number of nitrogens with zero attached hydrogens (tertiary/aromatic N) is 1. The maximum absolute atomic E-state index is 9.85. The first-order chi connectivity index (χ1) is 7.71. The molecule has 0 bridgehead atoms. The van der Waals surface area contributed by atoms with Crippen molar-refractivity contribution in [3.8, 4) is 0 Å². The van der Waals surface area contributed by atoms with Gasteiger partial charge in [-0.3, -0.25) is 0 Å². The van der Waals surface area contributed by atoms with Crippen molar-refractivity contribution in [3.63, 3.8) is 0 Å². The number of ether oxygens (including phenoxy) is 1. The van der Waals surface area contributed by atoms with Gasteiger partial charge in [-0.05, 0) is 27.7 Å². The number of nitrogens with two attached hydrogens (primary N) is 1. The van der Waals surface area contributed by atoms with Gasteiger partial charge in [0.2, 0.25) is 0 Å². The molecule has 0 radical (unpaired) electrons. The third kappa shape index (κ3) is 6.34. The Morgan fingerprint density at radius 2 is 2.12 bits per heavy atom. The van der Waals surface area contributed by atoms with Gasteiger partial charge in [0.1, 0.15) is 6.23 Å². The van der Waals surface area contributed by atoms with E-state index in [9.17, 15) is 5.11 Å². The van der Waals surface area contributed by atoms with Gasteiger partial charge in [-0.1, -0.05) is 18.2 Å². The van der Waals surface area contributed by atoms with Crippen molar-refractivity contribution in [3.05, 3.63) is 24.0 Å². The Balaban J connectivity index is 4.82. The van der Waals surface area contributed by atoms with Gasteiger partial charge in [0.15, 0.2) is 0 Å². The molecule has 0 spiro atoms. The van der Waals surface area contributed by atoms with Crippen molar-refractivity contribution in [1.82, 2.24) is 4.90 Å². The van der Waals surface area contributed by atoms with Crippen molar-refractivity contribution in [2.75, 3.05) is 13.7 Å². The van der Waals surface area contributed by atoms with E-state index in [2.05, 4.69) is 6.58 Å². The third-order valence-electron chi connectivity index (χ3n) is 2.58. The van der Waals surface area contributed by atoms with E-state index in [1.54, 1.807) is 21.0 Å². The van der Waals surface area contributed by atoms with Crippen LogP contribution in [-0.4, -0.2) is 35.5 Å². The lowest BCUT2D eigenvalue weighted by atomic mass is 10.0. The lowest BCUT2D eigenvalue weighted by Gasteiger charge is -2.35. The van der Waals surface area contributed by atoms with E-state index in [0.29, 0.717) is 18.8 Å². The molecule has 0 aromatic heterocycles. The summed E-state index contributed by atoms with van der Waals surface area (Å²) < 4.78 is 5.39. The second kappa shape index (κ2) is 6.67. The first-order valence-electron chi connectivity index (χ1n) is 5.79. The van der Waals surface area contributed by atoms with Gasteiger partial charge in [-0.15, -0.1) is 0 Å². The summed E-state index contributed by atoms with van der Waals surface area (Å²) >= 11 is 0. The molecule has 100 valence electrons. The number of allylic oxidation sites excluding steroid dienone is 1. The molecule has 0 saturated carbocycles. The van der Waals surface area contributed by atoms with Crippen molar-refractivity contribution < 1.29 is 9.84 Å². The minimum Gasteiger partial charge on any atom is -0.390 e. The Morgan fingerprint density at radius 3 is 2.41 bits per heavy atom. The molecule has 1 atom stereocenters. The highest BCUT2D eigenvalue weighted by Gasteiger charge is 2.25. The fraction of sp³-hybridized carbons (Fsp3) is 0.692. The van der Waals surface area contributed by atoms with E-state index in [1.165, 1.54) is 5.57 Å². The highest BCUT2D eigenvalue weighted by Crippen LogP contribution is 2.19. The minimum atomic E-state index is -0.807. The summed E-state index contributed by atoms with van der Waals surface area (Å²) in [6.45, 7) is 11.9. The van der Waals surface area contributed by atoms with Crippen LogP contribution in [0.5, 0.6) is 0 Å². The molecule has 0 heterocycles. The molecule has 0 rings (SSSR count). The lowest BCUT2D eigenvalue weighted by molar-refractivity contribution is -0.0649. The molecule has 0 aromatic rings. The van der Waals surface area contributed by atoms with E-state index >= 15 is 0 Å². The maximum Gasteiger partial charge on any atom is 0.133 e. The van der Waals surface area contributed by atoms with Crippen LogP contribution in [-0.2, 0) is 4.74 Å². The van der Waals surface area contributed by atoms with Crippen molar-refractivity contribution in [2.45, 2.75) is 45.9 Å². The summed E-state index contributed by atoms with van der Waals surface area (Å²) in [7, 11) is 1.61. The smallest absolute Gasteiger partial charge is 0.133 e. The molecular formula is C13H26N2O2. The molecule has 0 aliphatic heterocycles. The van der Waals surface area contributed by atoms with Crippen LogP contribution in [0, 0.1) is 0 Å². The highest BCUT2D eigenvalue weighted by molar-refractivity contribution is 5.03.